The predicted molar refractivity (Wildman–Crippen MR) is 89.0 cm³/mol. The van der Waals surface area contributed by atoms with E-state index in [0.717, 1.165) is 53.5 Å². The minimum Gasteiger partial charge on any atom is -0.385 e. The van der Waals surface area contributed by atoms with Crippen molar-refractivity contribution in [1.82, 2.24) is 15.0 Å². The third-order valence-corrected chi connectivity index (χ3v) is 3.47. The molecule has 0 aliphatic rings. The smallest absolute Gasteiger partial charge is 0.163 e. The molecule has 0 amide bonds. The number of aromatic amines is 1. The number of anilines is 1. The molecule has 5 heteroatoms. The predicted octanol–water partition coefficient (Wildman–Crippen LogP) is 3.38. The van der Waals surface area contributed by atoms with E-state index in [1.54, 1.807) is 7.11 Å². The zero-order valence-electron chi connectivity index (χ0n) is 12.9. The van der Waals surface area contributed by atoms with E-state index in [1.807, 2.05) is 37.3 Å². The maximum Gasteiger partial charge on any atom is 0.163 e. The molecule has 0 bridgehead atoms. The summed E-state index contributed by atoms with van der Waals surface area (Å²) >= 11 is 0. The Morgan fingerprint density at radius 2 is 2.00 bits per heavy atom. The number of aryl methyl sites for hydroxylation is 1. The second-order valence-electron chi connectivity index (χ2n) is 5.25. The number of fused-ring (bicyclic) bond motifs is 1. The topological polar surface area (TPSA) is 62.8 Å². The molecular weight excluding hydrogens is 276 g/mol. The molecule has 0 unspecified atom stereocenters. The van der Waals surface area contributed by atoms with Gasteiger partial charge in [0.2, 0.25) is 0 Å². The lowest BCUT2D eigenvalue weighted by atomic mass is 10.2. The van der Waals surface area contributed by atoms with Gasteiger partial charge in [-0.15, -0.1) is 0 Å². The van der Waals surface area contributed by atoms with Crippen LogP contribution in [0.4, 0.5) is 5.82 Å². The van der Waals surface area contributed by atoms with Crippen LogP contribution in [0.25, 0.3) is 22.4 Å². The first-order valence-electron chi connectivity index (χ1n) is 7.43. The van der Waals surface area contributed by atoms with Crippen molar-refractivity contribution in [2.75, 3.05) is 25.6 Å². The molecule has 2 N–H and O–H groups in total. The molecular formula is C17H20N4O. The van der Waals surface area contributed by atoms with E-state index in [-0.39, 0.29) is 0 Å². The van der Waals surface area contributed by atoms with Gasteiger partial charge in [0.25, 0.3) is 0 Å². The maximum atomic E-state index is 5.09. The molecule has 0 aliphatic heterocycles. The van der Waals surface area contributed by atoms with Gasteiger partial charge < -0.3 is 15.0 Å². The first-order valence-corrected chi connectivity index (χ1v) is 7.43. The summed E-state index contributed by atoms with van der Waals surface area (Å²) < 4.78 is 5.09. The highest BCUT2D eigenvalue weighted by Gasteiger charge is 2.11. The second kappa shape index (κ2) is 6.58. The van der Waals surface area contributed by atoms with E-state index < -0.39 is 0 Å². The Balaban J connectivity index is 1.97. The van der Waals surface area contributed by atoms with Crippen LogP contribution in [0.5, 0.6) is 0 Å². The van der Waals surface area contributed by atoms with Crippen molar-refractivity contribution in [1.29, 1.82) is 0 Å². The number of ether oxygens (including phenoxy) is 1. The molecule has 114 valence electrons. The molecule has 5 nitrogen and oxygen atoms in total. The third kappa shape index (κ3) is 3.09. The van der Waals surface area contributed by atoms with Gasteiger partial charge in [-0.25, -0.2) is 9.97 Å². The Morgan fingerprint density at radius 3 is 2.77 bits per heavy atom. The number of rotatable bonds is 6. The van der Waals surface area contributed by atoms with Crippen molar-refractivity contribution in [3.05, 3.63) is 42.1 Å². The van der Waals surface area contributed by atoms with Crippen molar-refractivity contribution in [2.45, 2.75) is 13.3 Å². The molecule has 0 radical (unpaired) electrons. The van der Waals surface area contributed by atoms with Crippen molar-refractivity contribution >= 4 is 16.9 Å². The monoisotopic (exact) mass is 296 g/mol. The van der Waals surface area contributed by atoms with Gasteiger partial charge in [0, 0.05) is 31.5 Å². The largest absolute Gasteiger partial charge is 0.385 e. The summed E-state index contributed by atoms with van der Waals surface area (Å²) in [5.41, 5.74) is 2.95. The van der Waals surface area contributed by atoms with Crippen LogP contribution in [0.15, 0.2) is 36.4 Å². The van der Waals surface area contributed by atoms with Gasteiger partial charge in [-0.3, -0.25) is 0 Å². The van der Waals surface area contributed by atoms with Crippen molar-refractivity contribution in [2.24, 2.45) is 0 Å². The van der Waals surface area contributed by atoms with Gasteiger partial charge in [-0.05, 0) is 19.4 Å². The van der Waals surface area contributed by atoms with Crippen LogP contribution in [-0.2, 0) is 4.74 Å². The Bertz CT molecular complexity index is 752. The van der Waals surface area contributed by atoms with E-state index in [4.69, 9.17) is 9.72 Å². The fraction of sp³-hybridized carbons (Fsp3) is 0.294. The molecule has 0 aliphatic carbocycles. The molecule has 3 rings (SSSR count). The van der Waals surface area contributed by atoms with Crippen LogP contribution in [0.1, 0.15) is 12.1 Å². The first kappa shape index (κ1) is 14.5. The minimum atomic E-state index is 0.726. The van der Waals surface area contributed by atoms with E-state index in [2.05, 4.69) is 21.4 Å². The van der Waals surface area contributed by atoms with Crippen LogP contribution in [0.2, 0.25) is 0 Å². The van der Waals surface area contributed by atoms with Crippen LogP contribution in [-0.4, -0.2) is 35.2 Å². The van der Waals surface area contributed by atoms with E-state index in [1.165, 1.54) is 0 Å². The van der Waals surface area contributed by atoms with Crippen LogP contribution < -0.4 is 5.32 Å². The summed E-state index contributed by atoms with van der Waals surface area (Å²) in [4.78, 5) is 12.6. The van der Waals surface area contributed by atoms with Crippen LogP contribution in [0.3, 0.4) is 0 Å². The molecule has 2 aromatic heterocycles. The van der Waals surface area contributed by atoms with Gasteiger partial charge in [0.05, 0.1) is 5.39 Å². The van der Waals surface area contributed by atoms with Crippen molar-refractivity contribution in [3.63, 3.8) is 0 Å². The Morgan fingerprint density at radius 1 is 1.18 bits per heavy atom. The third-order valence-electron chi connectivity index (χ3n) is 3.47. The second-order valence-corrected chi connectivity index (χ2v) is 5.25. The number of nitrogens with zero attached hydrogens (tertiary/aromatic N) is 2. The first-order chi connectivity index (χ1) is 10.8. The molecule has 22 heavy (non-hydrogen) atoms. The van der Waals surface area contributed by atoms with Gasteiger partial charge in [-0.2, -0.15) is 0 Å². The lowest BCUT2D eigenvalue weighted by Crippen LogP contribution is -2.07. The highest BCUT2D eigenvalue weighted by atomic mass is 16.5. The minimum absolute atomic E-state index is 0.726. The fourth-order valence-corrected chi connectivity index (χ4v) is 2.42. The van der Waals surface area contributed by atoms with Gasteiger partial charge >= 0.3 is 0 Å². The zero-order chi connectivity index (χ0) is 15.4. The number of benzene rings is 1. The standard InChI is InChI=1S/C17H20N4O/c1-12-11-14-16(18-9-6-10-22-2)20-15(21-17(14)19-12)13-7-4-3-5-8-13/h3-5,7-8,11H,6,9-10H2,1-2H3,(H2,18,19,20,21). The quantitative estimate of drug-likeness (QED) is 0.684. The lowest BCUT2D eigenvalue weighted by molar-refractivity contribution is 0.198. The number of hydrogen-bond acceptors (Lipinski definition) is 4. The van der Waals surface area contributed by atoms with Crippen LogP contribution >= 0.6 is 0 Å². The molecule has 0 spiro atoms. The molecule has 3 aromatic rings. The highest BCUT2D eigenvalue weighted by molar-refractivity contribution is 5.89. The number of methoxy groups -OCH3 is 1. The Hall–Kier alpha value is -2.40. The zero-order valence-corrected chi connectivity index (χ0v) is 12.9. The Labute approximate surface area is 129 Å². The molecule has 0 saturated heterocycles. The summed E-state index contributed by atoms with van der Waals surface area (Å²) in [6.07, 6.45) is 0.937. The lowest BCUT2D eigenvalue weighted by Gasteiger charge is -2.08. The summed E-state index contributed by atoms with van der Waals surface area (Å²) in [6, 6.07) is 12.1. The summed E-state index contributed by atoms with van der Waals surface area (Å²) in [7, 11) is 1.71. The summed E-state index contributed by atoms with van der Waals surface area (Å²) in [5, 5.41) is 4.42. The molecule has 0 saturated carbocycles. The highest BCUT2D eigenvalue weighted by Crippen LogP contribution is 2.25. The average Bonchev–Trinajstić information content (AvgIpc) is 2.92. The van der Waals surface area contributed by atoms with Gasteiger partial charge in [0.15, 0.2) is 5.82 Å². The van der Waals surface area contributed by atoms with Crippen molar-refractivity contribution < 1.29 is 4.74 Å². The SMILES string of the molecule is COCCCNc1nc(-c2ccccc2)nc2[nH]c(C)cc12. The molecule has 2 heterocycles. The van der Waals surface area contributed by atoms with Crippen molar-refractivity contribution in [3.8, 4) is 11.4 Å². The molecule has 1 aromatic carbocycles. The number of hydrogen-bond donors (Lipinski definition) is 2. The molecule has 0 fully saturated rings. The summed E-state index contributed by atoms with van der Waals surface area (Å²) in [6.45, 7) is 3.58. The average molecular weight is 296 g/mol. The normalized spacial score (nSPS) is 11.0. The van der Waals surface area contributed by atoms with Gasteiger partial charge in [0.1, 0.15) is 11.5 Å². The Kier molecular flexibility index (Phi) is 4.34. The van der Waals surface area contributed by atoms with E-state index in [0.29, 0.717) is 0 Å². The summed E-state index contributed by atoms with van der Waals surface area (Å²) in [5.74, 6) is 1.59. The molecule has 0 atom stereocenters. The number of aromatic nitrogens is 3. The number of nitrogens with one attached hydrogen (secondary N) is 2. The van der Waals surface area contributed by atoms with E-state index in [9.17, 15) is 0 Å². The van der Waals surface area contributed by atoms with Crippen LogP contribution in [0, 0.1) is 6.92 Å². The fourth-order valence-electron chi connectivity index (χ4n) is 2.42. The van der Waals surface area contributed by atoms with Gasteiger partial charge in [-0.1, -0.05) is 30.3 Å². The number of H-pyrrole nitrogens is 1. The maximum absolute atomic E-state index is 5.09. The van der Waals surface area contributed by atoms with E-state index >= 15 is 0 Å².